The van der Waals surface area contributed by atoms with Crippen LogP contribution in [0.2, 0.25) is 0 Å². The number of ether oxygens (including phenoxy) is 3. The van der Waals surface area contributed by atoms with Gasteiger partial charge < -0.3 is 24.4 Å². The van der Waals surface area contributed by atoms with Gasteiger partial charge in [0.1, 0.15) is 11.9 Å². The van der Waals surface area contributed by atoms with Gasteiger partial charge in [-0.15, -0.1) is 11.8 Å². The van der Waals surface area contributed by atoms with E-state index >= 15 is 0 Å². The minimum absolute atomic E-state index is 0.322. The summed E-state index contributed by atoms with van der Waals surface area (Å²) in [5.41, 5.74) is 2.78. The van der Waals surface area contributed by atoms with Crippen molar-refractivity contribution >= 4 is 11.8 Å². The molecule has 0 saturated heterocycles. The normalized spacial score (nSPS) is 13.2. The van der Waals surface area contributed by atoms with Gasteiger partial charge >= 0.3 is 0 Å². The van der Waals surface area contributed by atoms with E-state index in [4.69, 9.17) is 14.2 Å². The second kappa shape index (κ2) is 9.16. The van der Waals surface area contributed by atoms with Crippen LogP contribution in [-0.2, 0) is 0 Å². The predicted octanol–water partition coefficient (Wildman–Crippen LogP) is 3.52. The van der Waals surface area contributed by atoms with Gasteiger partial charge in [-0.05, 0) is 61.1 Å². The van der Waals surface area contributed by atoms with E-state index in [0.29, 0.717) is 22.8 Å². The topological polar surface area (TPSA) is 68.2 Å². The Morgan fingerprint density at radius 2 is 1.62 bits per heavy atom. The van der Waals surface area contributed by atoms with Gasteiger partial charge in [0.25, 0.3) is 0 Å². The third-order valence-corrected chi connectivity index (χ3v) is 5.26. The van der Waals surface area contributed by atoms with Crippen molar-refractivity contribution in [3.05, 3.63) is 47.0 Å². The maximum atomic E-state index is 10.7. The molecule has 2 rings (SSSR count). The molecule has 0 fully saturated rings. The van der Waals surface area contributed by atoms with Crippen molar-refractivity contribution in [2.45, 2.75) is 31.0 Å². The Morgan fingerprint density at radius 1 is 1.00 bits per heavy atom. The van der Waals surface area contributed by atoms with Crippen LogP contribution < -0.4 is 14.2 Å². The minimum Gasteiger partial charge on any atom is -0.493 e. The van der Waals surface area contributed by atoms with Crippen LogP contribution in [0.25, 0.3) is 0 Å². The zero-order valence-corrected chi connectivity index (χ0v) is 16.6. The van der Waals surface area contributed by atoms with E-state index in [1.165, 1.54) is 12.0 Å². The number of methoxy groups -OCH3 is 2. The van der Waals surface area contributed by atoms with Crippen molar-refractivity contribution in [2.24, 2.45) is 0 Å². The molecule has 0 aliphatic carbocycles. The minimum atomic E-state index is -1.01. The molecule has 0 amide bonds. The number of aliphatic hydroxyl groups is 2. The van der Waals surface area contributed by atoms with Crippen LogP contribution in [-0.4, -0.2) is 43.4 Å². The van der Waals surface area contributed by atoms with Gasteiger partial charge in [-0.3, -0.25) is 0 Å². The molecular formula is C20H26O5S. The number of rotatable bonds is 8. The summed E-state index contributed by atoms with van der Waals surface area (Å²) in [6, 6.07) is 8.97. The fraction of sp³-hybridized carbons (Fsp3) is 0.400. The van der Waals surface area contributed by atoms with E-state index in [9.17, 15) is 10.2 Å². The van der Waals surface area contributed by atoms with E-state index in [0.717, 1.165) is 11.1 Å². The van der Waals surface area contributed by atoms with E-state index in [1.54, 1.807) is 37.1 Å². The highest BCUT2D eigenvalue weighted by Crippen LogP contribution is 2.33. The van der Waals surface area contributed by atoms with Crippen molar-refractivity contribution < 1.29 is 24.4 Å². The molecule has 2 unspecified atom stereocenters. The summed E-state index contributed by atoms with van der Waals surface area (Å²) >= 11 is 1.69. The number of aliphatic hydroxyl groups excluding tert-OH is 2. The predicted molar refractivity (Wildman–Crippen MR) is 104 cm³/mol. The van der Waals surface area contributed by atoms with Crippen LogP contribution in [0.15, 0.2) is 35.2 Å². The molecule has 0 spiro atoms. The van der Waals surface area contributed by atoms with Gasteiger partial charge in [0.15, 0.2) is 17.6 Å². The van der Waals surface area contributed by atoms with Crippen molar-refractivity contribution in [2.75, 3.05) is 27.1 Å². The lowest BCUT2D eigenvalue weighted by Crippen LogP contribution is -2.29. The summed E-state index contributed by atoms with van der Waals surface area (Å²) in [4.78, 5) is 1.21. The Labute approximate surface area is 158 Å². The fourth-order valence-corrected chi connectivity index (χ4v) is 3.69. The average Bonchev–Trinajstić information content (AvgIpc) is 2.64. The van der Waals surface area contributed by atoms with E-state index in [-0.39, 0.29) is 6.61 Å². The summed E-state index contributed by atoms with van der Waals surface area (Å²) in [7, 11) is 3.09. The third kappa shape index (κ3) is 4.44. The van der Waals surface area contributed by atoms with E-state index in [1.807, 2.05) is 32.2 Å². The number of benzene rings is 2. The molecule has 6 heteroatoms. The van der Waals surface area contributed by atoms with Gasteiger partial charge in [-0.25, -0.2) is 0 Å². The zero-order chi connectivity index (χ0) is 19.3. The number of aryl methyl sites for hydroxylation is 2. The van der Waals surface area contributed by atoms with E-state index in [2.05, 4.69) is 0 Å². The van der Waals surface area contributed by atoms with Crippen LogP contribution in [0.5, 0.6) is 17.2 Å². The van der Waals surface area contributed by atoms with Crippen molar-refractivity contribution in [1.82, 2.24) is 0 Å². The molecule has 5 nitrogen and oxygen atoms in total. The van der Waals surface area contributed by atoms with Crippen LogP contribution in [0.3, 0.4) is 0 Å². The van der Waals surface area contributed by atoms with Gasteiger partial charge in [0, 0.05) is 4.90 Å². The second-order valence-electron chi connectivity index (χ2n) is 5.99. The lowest BCUT2D eigenvalue weighted by Gasteiger charge is -2.24. The Kier molecular flexibility index (Phi) is 7.20. The quantitative estimate of drug-likeness (QED) is 0.685. The Morgan fingerprint density at radius 3 is 2.12 bits per heavy atom. The van der Waals surface area contributed by atoms with Crippen molar-refractivity contribution in [1.29, 1.82) is 0 Å². The van der Waals surface area contributed by atoms with Crippen LogP contribution in [0, 0.1) is 13.8 Å². The van der Waals surface area contributed by atoms with Crippen LogP contribution in [0.1, 0.15) is 22.8 Å². The lowest BCUT2D eigenvalue weighted by atomic mass is 10.0. The van der Waals surface area contributed by atoms with Gasteiger partial charge in [-0.2, -0.15) is 0 Å². The highest BCUT2D eigenvalue weighted by atomic mass is 32.2. The maximum Gasteiger partial charge on any atom is 0.161 e. The average molecular weight is 378 g/mol. The molecule has 0 aliphatic rings. The molecule has 0 aliphatic heterocycles. The van der Waals surface area contributed by atoms with Gasteiger partial charge in [0.2, 0.25) is 0 Å². The molecular weight excluding hydrogens is 352 g/mol. The number of hydrogen-bond acceptors (Lipinski definition) is 6. The van der Waals surface area contributed by atoms with Crippen molar-refractivity contribution in [3.8, 4) is 17.2 Å². The Bertz CT molecular complexity index is 724. The molecule has 2 aromatic carbocycles. The molecule has 0 saturated carbocycles. The zero-order valence-electron chi connectivity index (χ0n) is 15.8. The smallest absolute Gasteiger partial charge is 0.161 e. The van der Waals surface area contributed by atoms with Crippen LogP contribution in [0.4, 0.5) is 0 Å². The molecule has 2 N–H and O–H groups in total. The standard InChI is InChI=1S/C20H26O5S/c1-12-8-15(9-13(2)20(12)26-5)25-18(11-21)19(22)14-6-7-16(23-3)17(10-14)24-4/h6-10,18-19,21-22H,11H2,1-5H3. The lowest BCUT2D eigenvalue weighted by molar-refractivity contribution is 0.000578. The first-order chi connectivity index (χ1) is 12.4. The SMILES string of the molecule is COc1ccc(C(O)C(CO)Oc2cc(C)c(SC)c(C)c2)cc1OC. The highest BCUT2D eigenvalue weighted by Gasteiger charge is 2.24. The van der Waals surface area contributed by atoms with Gasteiger partial charge in [-0.1, -0.05) is 6.07 Å². The molecule has 26 heavy (non-hydrogen) atoms. The first-order valence-electron chi connectivity index (χ1n) is 8.27. The molecule has 0 heterocycles. The highest BCUT2D eigenvalue weighted by molar-refractivity contribution is 7.98. The summed E-state index contributed by atoms with van der Waals surface area (Å²) in [6.07, 6.45) is 0.223. The van der Waals surface area contributed by atoms with E-state index < -0.39 is 12.2 Å². The van der Waals surface area contributed by atoms with Crippen LogP contribution >= 0.6 is 11.8 Å². The molecule has 2 atom stereocenters. The summed E-state index contributed by atoms with van der Waals surface area (Å²) in [6.45, 7) is 3.71. The van der Waals surface area contributed by atoms with Gasteiger partial charge in [0.05, 0.1) is 20.8 Å². The molecule has 2 aromatic rings. The Hall–Kier alpha value is -1.89. The second-order valence-corrected chi connectivity index (χ2v) is 6.80. The fourth-order valence-electron chi connectivity index (χ4n) is 2.93. The maximum absolute atomic E-state index is 10.7. The number of thioether (sulfide) groups is 1. The largest absolute Gasteiger partial charge is 0.493 e. The molecule has 0 aromatic heterocycles. The van der Waals surface area contributed by atoms with Crippen molar-refractivity contribution in [3.63, 3.8) is 0 Å². The molecule has 142 valence electrons. The third-order valence-electron chi connectivity index (χ3n) is 4.21. The summed E-state index contributed by atoms with van der Waals surface area (Å²) in [5.74, 6) is 1.71. The monoisotopic (exact) mass is 378 g/mol. The number of hydrogen-bond donors (Lipinski definition) is 2. The summed E-state index contributed by atoms with van der Waals surface area (Å²) in [5, 5.41) is 20.4. The molecule has 0 bridgehead atoms. The Balaban J connectivity index is 2.25. The molecule has 0 radical (unpaired) electrons. The first-order valence-corrected chi connectivity index (χ1v) is 9.50. The summed E-state index contributed by atoms with van der Waals surface area (Å²) < 4.78 is 16.4. The first kappa shape index (κ1) is 20.4.